The maximum absolute atomic E-state index is 9.84. The molecule has 0 fully saturated rings. The van der Waals surface area contributed by atoms with Crippen molar-refractivity contribution in [1.29, 1.82) is 0 Å². The van der Waals surface area contributed by atoms with Crippen LogP contribution in [0.5, 0.6) is 0 Å². The Bertz CT molecular complexity index is 63.5. The van der Waals surface area contributed by atoms with Gasteiger partial charge in [0.15, 0.2) is 0 Å². The molecule has 2 nitrogen and oxygen atoms in total. The lowest BCUT2D eigenvalue weighted by Crippen LogP contribution is -2.02. The molecule has 2 N–H and O–H groups in total. The molecule has 0 spiro atoms. The first-order valence-electron chi connectivity index (χ1n) is 2.89. The minimum absolute atomic E-state index is 0.0681. The van der Waals surface area contributed by atoms with Crippen molar-refractivity contribution in [2.75, 3.05) is 6.54 Å². The molecule has 1 unspecified atom stereocenters. The van der Waals surface area contributed by atoms with Crippen molar-refractivity contribution in [1.82, 2.24) is 0 Å². The van der Waals surface area contributed by atoms with E-state index in [2.05, 4.69) is 0 Å². The van der Waals surface area contributed by atoms with Gasteiger partial charge >= 0.3 is 0 Å². The van der Waals surface area contributed by atoms with Crippen molar-refractivity contribution < 1.29 is 4.79 Å². The summed E-state index contributed by atoms with van der Waals surface area (Å²) in [4.78, 5) is 9.84. The van der Waals surface area contributed by atoms with Crippen LogP contribution in [0.3, 0.4) is 0 Å². The van der Waals surface area contributed by atoms with E-state index in [0.29, 0.717) is 6.54 Å². The highest BCUT2D eigenvalue weighted by molar-refractivity contribution is 5.53. The third-order valence-electron chi connectivity index (χ3n) is 1.04. The zero-order valence-electron chi connectivity index (χ0n) is 5.18. The van der Waals surface area contributed by atoms with E-state index in [-0.39, 0.29) is 5.92 Å². The minimum atomic E-state index is 0.0681. The van der Waals surface area contributed by atoms with Gasteiger partial charge in [-0.1, -0.05) is 6.92 Å². The fraction of sp³-hybridized carbons (Fsp3) is 0.833. The fourth-order valence-corrected chi connectivity index (χ4v) is 0.483. The van der Waals surface area contributed by atoms with Crippen LogP contribution in [0.4, 0.5) is 0 Å². The smallest absolute Gasteiger partial charge is 0.201 e. The van der Waals surface area contributed by atoms with Gasteiger partial charge in [-0.15, -0.1) is 0 Å². The van der Waals surface area contributed by atoms with Crippen LogP contribution in [0.1, 0.15) is 19.8 Å². The monoisotopic (exact) mass is 114 g/mol. The summed E-state index contributed by atoms with van der Waals surface area (Å²) in [6, 6.07) is 0. The van der Waals surface area contributed by atoms with E-state index in [1.807, 2.05) is 13.2 Å². The lowest BCUT2D eigenvalue weighted by molar-refractivity contribution is 0.514. The van der Waals surface area contributed by atoms with E-state index in [0.717, 1.165) is 12.8 Å². The molecule has 0 aromatic heterocycles. The van der Waals surface area contributed by atoms with E-state index in [9.17, 15) is 4.79 Å². The topological polar surface area (TPSA) is 43.1 Å². The van der Waals surface area contributed by atoms with E-state index in [4.69, 9.17) is 5.73 Å². The Hall–Kier alpha value is -0.370. The van der Waals surface area contributed by atoms with Gasteiger partial charge in [0.25, 0.3) is 0 Å². The summed E-state index contributed by atoms with van der Waals surface area (Å²) in [7, 11) is 0. The van der Waals surface area contributed by atoms with Gasteiger partial charge in [-0.3, -0.25) is 4.79 Å². The van der Waals surface area contributed by atoms with E-state index in [1.54, 1.807) is 0 Å². The minimum Gasteiger partial charge on any atom is -0.330 e. The molecule has 1 atom stereocenters. The number of nitrogens with two attached hydrogens (primary N) is 1. The number of hydrogen-bond acceptors (Lipinski definition) is 2. The molecule has 0 amide bonds. The number of hydrogen-bond donors (Lipinski definition) is 1. The average molecular weight is 114 g/mol. The molecule has 0 aromatic carbocycles. The molecule has 0 saturated carbocycles. The maximum atomic E-state index is 9.84. The zero-order valence-corrected chi connectivity index (χ0v) is 5.18. The average Bonchev–Trinajstić information content (AvgIpc) is 1.83. The molecule has 2 heteroatoms. The third kappa shape index (κ3) is 3.81. The largest absolute Gasteiger partial charge is 0.330 e. The number of rotatable bonds is 4. The van der Waals surface area contributed by atoms with E-state index < -0.39 is 0 Å². The third-order valence-corrected chi connectivity index (χ3v) is 1.04. The van der Waals surface area contributed by atoms with Crippen LogP contribution in [0, 0.1) is 5.92 Å². The highest BCUT2D eigenvalue weighted by Gasteiger charge is 1.96. The lowest BCUT2D eigenvalue weighted by Gasteiger charge is -1.96. The summed E-state index contributed by atoms with van der Waals surface area (Å²) < 4.78 is 0. The van der Waals surface area contributed by atoms with Crippen molar-refractivity contribution in [3.63, 3.8) is 0 Å². The fourth-order valence-electron chi connectivity index (χ4n) is 0.483. The SMILES string of the molecule is CC([C]=O)CCCN. The molecule has 0 aliphatic heterocycles. The predicted molar refractivity (Wildman–Crippen MR) is 33.1 cm³/mol. The van der Waals surface area contributed by atoms with E-state index in [1.165, 1.54) is 0 Å². The van der Waals surface area contributed by atoms with Crippen LogP contribution in [0.15, 0.2) is 0 Å². The van der Waals surface area contributed by atoms with Crippen molar-refractivity contribution in [3.8, 4) is 0 Å². The van der Waals surface area contributed by atoms with Gasteiger partial charge in [0.2, 0.25) is 6.29 Å². The standard InChI is InChI=1S/C6H12NO/c1-6(5-8)3-2-4-7/h6H,2-4,7H2,1H3. The normalized spacial score (nSPS) is 13.2. The van der Waals surface area contributed by atoms with Gasteiger partial charge in [0.05, 0.1) is 0 Å². The first-order valence-corrected chi connectivity index (χ1v) is 2.89. The molecule has 0 aliphatic rings. The van der Waals surface area contributed by atoms with Gasteiger partial charge in [0.1, 0.15) is 0 Å². The molecule has 47 valence electrons. The highest BCUT2D eigenvalue weighted by Crippen LogP contribution is 1.98. The van der Waals surface area contributed by atoms with E-state index >= 15 is 0 Å². The summed E-state index contributed by atoms with van der Waals surface area (Å²) in [5.41, 5.74) is 5.20. The van der Waals surface area contributed by atoms with Gasteiger partial charge in [0, 0.05) is 5.92 Å². The highest BCUT2D eigenvalue weighted by atomic mass is 16.1. The molecule has 0 bridgehead atoms. The summed E-state index contributed by atoms with van der Waals surface area (Å²) in [6.45, 7) is 2.52. The van der Waals surface area contributed by atoms with Crippen LogP contribution in [-0.2, 0) is 4.79 Å². The second kappa shape index (κ2) is 4.78. The predicted octanol–water partition coefficient (Wildman–Crippen LogP) is 0.471. The molecule has 1 radical (unpaired) electrons. The Kier molecular flexibility index (Phi) is 4.56. The first-order chi connectivity index (χ1) is 3.81. The molecular formula is C6H12NO. The van der Waals surface area contributed by atoms with Crippen LogP contribution in [0.25, 0.3) is 0 Å². The lowest BCUT2D eigenvalue weighted by atomic mass is 10.1. The molecule has 8 heavy (non-hydrogen) atoms. The molecule has 0 rings (SSSR count). The summed E-state index contributed by atoms with van der Waals surface area (Å²) >= 11 is 0. The summed E-state index contributed by atoms with van der Waals surface area (Å²) in [5, 5.41) is 0. The van der Waals surface area contributed by atoms with Crippen molar-refractivity contribution in [3.05, 3.63) is 0 Å². The maximum Gasteiger partial charge on any atom is 0.201 e. The molecule has 0 aliphatic carbocycles. The Morgan fingerprint density at radius 1 is 1.75 bits per heavy atom. The van der Waals surface area contributed by atoms with Crippen LogP contribution in [0.2, 0.25) is 0 Å². The molecule has 0 aromatic rings. The van der Waals surface area contributed by atoms with Crippen molar-refractivity contribution in [2.24, 2.45) is 11.7 Å². The van der Waals surface area contributed by atoms with Gasteiger partial charge in [-0.2, -0.15) is 0 Å². The molecular weight excluding hydrogens is 102 g/mol. The van der Waals surface area contributed by atoms with Crippen molar-refractivity contribution in [2.45, 2.75) is 19.8 Å². The summed E-state index contributed by atoms with van der Waals surface area (Å²) in [6.07, 6.45) is 3.70. The second-order valence-electron chi connectivity index (χ2n) is 1.95. The Balaban J connectivity index is 2.98. The zero-order chi connectivity index (χ0) is 6.41. The molecule has 0 heterocycles. The van der Waals surface area contributed by atoms with Gasteiger partial charge < -0.3 is 5.73 Å². The second-order valence-corrected chi connectivity index (χ2v) is 1.95. The Morgan fingerprint density at radius 3 is 2.75 bits per heavy atom. The first kappa shape index (κ1) is 7.63. The van der Waals surface area contributed by atoms with Gasteiger partial charge in [-0.05, 0) is 19.4 Å². The quantitative estimate of drug-likeness (QED) is 0.577. The Labute approximate surface area is 50.1 Å². The Morgan fingerprint density at radius 2 is 2.38 bits per heavy atom. The van der Waals surface area contributed by atoms with Gasteiger partial charge in [-0.25, -0.2) is 0 Å². The van der Waals surface area contributed by atoms with Crippen molar-refractivity contribution >= 4 is 6.29 Å². The van der Waals surface area contributed by atoms with Crippen LogP contribution in [-0.4, -0.2) is 12.8 Å². The molecule has 0 saturated heterocycles. The number of carbonyl (C=O) groups excluding carboxylic acids is 1. The van der Waals surface area contributed by atoms with Crippen LogP contribution >= 0.6 is 0 Å². The summed E-state index contributed by atoms with van der Waals surface area (Å²) in [5.74, 6) is 0.0681. The van der Waals surface area contributed by atoms with Crippen LogP contribution < -0.4 is 5.73 Å².